The number of aromatic nitrogens is 1. The fourth-order valence-electron chi connectivity index (χ4n) is 2.67. The average molecular weight is 351 g/mol. The van der Waals surface area contributed by atoms with Crippen molar-refractivity contribution in [3.8, 4) is 0 Å². The normalized spacial score (nSPS) is 10.4. The van der Waals surface area contributed by atoms with Gasteiger partial charge in [-0.1, -0.05) is 30.3 Å². The van der Waals surface area contributed by atoms with Crippen LogP contribution in [-0.2, 0) is 11.8 Å². The van der Waals surface area contributed by atoms with Gasteiger partial charge in [0.2, 0.25) is 0 Å². The van der Waals surface area contributed by atoms with E-state index >= 15 is 0 Å². The minimum absolute atomic E-state index is 0.150. The van der Waals surface area contributed by atoms with Crippen molar-refractivity contribution >= 4 is 34.1 Å². The van der Waals surface area contributed by atoms with Crippen LogP contribution < -0.4 is 16.2 Å². The number of fused-ring (bicyclic) bond motifs is 1. The van der Waals surface area contributed by atoms with Gasteiger partial charge in [0.1, 0.15) is 0 Å². The third-order valence-corrected chi connectivity index (χ3v) is 3.92. The number of carbonyl (C=O) groups is 2. The molecule has 0 saturated carbocycles. The summed E-state index contributed by atoms with van der Waals surface area (Å²) in [6, 6.07) is 13.0. The molecule has 0 aliphatic heterocycles. The van der Waals surface area contributed by atoms with Crippen molar-refractivity contribution in [2.75, 3.05) is 17.7 Å². The highest BCUT2D eigenvalue weighted by molar-refractivity contribution is 6.08. The van der Waals surface area contributed by atoms with Crippen molar-refractivity contribution in [1.29, 1.82) is 0 Å². The molecule has 7 nitrogen and oxygen atoms in total. The van der Waals surface area contributed by atoms with E-state index in [1.807, 2.05) is 0 Å². The Bertz CT molecular complexity index is 1060. The summed E-state index contributed by atoms with van der Waals surface area (Å²) in [5.41, 5.74) is 0.903. The van der Waals surface area contributed by atoms with Gasteiger partial charge in [0.05, 0.1) is 24.0 Å². The number of nitrogens with one attached hydrogen (secondary N) is 2. The summed E-state index contributed by atoms with van der Waals surface area (Å²) >= 11 is 0. The molecular formula is C19H17N3O4. The quantitative estimate of drug-likeness (QED) is 0.710. The van der Waals surface area contributed by atoms with Crippen LogP contribution in [-0.4, -0.2) is 23.7 Å². The van der Waals surface area contributed by atoms with Gasteiger partial charge in [-0.15, -0.1) is 0 Å². The first-order valence-corrected chi connectivity index (χ1v) is 7.85. The number of carbonyl (C=O) groups excluding carboxylic acids is 2. The molecule has 132 valence electrons. The van der Waals surface area contributed by atoms with Crippen molar-refractivity contribution in [2.24, 2.45) is 7.05 Å². The number of anilines is 2. The number of methoxy groups -OCH3 is 1. The Balaban J connectivity index is 1.91. The summed E-state index contributed by atoms with van der Waals surface area (Å²) in [5.74, 6) is -0.548. The Morgan fingerprint density at radius 3 is 2.27 bits per heavy atom. The second-order valence-electron chi connectivity index (χ2n) is 5.62. The van der Waals surface area contributed by atoms with E-state index in [0.717, 1.165) is 0 Å². The summed E-state index contributed by atoms with van der Waals surface area (Å²) < 4.78 is 6.12. The molecule has 0 aliphatic rings. The van der Waals surface area contributed by atoms with E-state index in [0.29, 0.717) is 22.1 Å². The number of nitrogens with zero attached hydrogens (tertiary/aromatic N) is 1. The summed E-state index contributed by atoms with van der Waals surface area (Å²) in [4.78, 5) is 36.4. The SMILES string of the molecule is COC(=O)c1ccccc1NC(=O)Nc1cn(C)c(=O)c2ccccc12. The second kappa shape index (κ2) is 7.10. The maximum absolute atomic E-state index is 12.4. The number of hydrogen-bond acceptors (Lipinski definition) is 4. The molecule has 0 saturated heterocycles. The van der Waals surface area contributed by atoms with Gasteiger partial charge in [-0.05, 0) is 18.2 Å². The molecule has 0 bridgehead atoms. The first-order valence-electron chi connectivity index (χ1n) is 7.85. The van der Waals surface area contributed by atoms with Crippen LogP contribution in [0.3, 0.4) is 0 Å². The number of benzene rings is 2. The molecular weight excluding hydrogens is 334 g/mol. The third-order valence-electron chi connectivity index (χ3n) is 3.92. The highest BCUT2D eigenvalue weighted by Crippen LogP contribution is 2.21. The van der Waals surface area contributed by atoms with Crippen LogP contribution in [0.4, 0.5) is 16.2 Å². The standard InChI is InChI=1S/C19H17N3O4/c1-22-11-16(12-7-3-4-8-13(12)17(22)23)21-19(25)20-15-10-6-5-9-14(15)18(24)26-2/h3-11H,1-2H3,(H2,20,21,25). The van der Waals surface area contributed by atoms with Gasteiger partial charge in [0.25, 0.3) is 5.56 Å². The van der Waals surface area contributed by atoms with Crippen molar-refractivity contribution in [3.05, 3.63) is 70.6 Å². The van der Waals surface area contributed by atoms with Gasteiger partial charge in [0, 0.05) is 24.0 Å². The van der Waals surface area contributed by atoms with Gasteiger partial charge in [-0.2, -0.15) is 0 Å². The van der Waals surface area contributed by atoms with Gasteiger partial charge in [0.15, 0.2) is 0 Å². The van der Waals surface area contributed by atoms with E-state index in [2.05, 4.69) is 10.6 Å². The highest BCUT2D eigenvalue weighted by atomic mass is 16.5. The molecule has 3 aromatic rings. The number of amides is 2. The smallest absolute Gasteiger partial charge is 0.339 e. The molecule has 0 unspecified atom stereocenters. The molecule has 2 amide bonds. The second-order valence-corrected chi connectivity index (χ2v) is 5.62. The van der Waals surface area contributed by atoms with E-state index in [1.165, 1.54) is 11.7 Å². The number of urea groups is 1. The molecule has 0 aliphatic carbocycles. The van der Waals surface area contributed by atoms with E-state index in [4.69, 9.17) is 4.74 Å². The number of aryl methyl sites for hydroxylation is 1. The molecule has 0 radical (unpaired) electrons. The Morgan fingerprint density at radius 1 is 0.923 bits per heavy atom. The topological polar surface area (TPSA) is 89.4 Å². The lowest BCUT2D eigenvalue weighted by Gasteiger charge is -2.13. The average Bonchev–Trinajstić information content (AvgIpc) is 2.65. The Labute approximate surface area is 149 Å². The van der Waals surface area contributed by atoms with Gasteiger partial charge in [-0.25, -0.2) is 9.59 Å². The van der Waals surface area contributed by atoms with E-state index in [1.54, 1.807) is 61.8 Å². The molecule has 1 heterocycles. The lowest BCUT2D eigenvalue weighted by molar-refractivity contribution is 0.0602. The minimum Gasteiger partial charge on any atom is -0.465 e. The number of para-hydroxylation sites is 1. The Hall–Kier alpha value is -3.61. The summed E-state index contributed by atoms with van der Waals surface area (Å²) in [6.07, 6.45) is 1.55. The largest absolute Gasteiger partial charge is 0.465 e. The number of hydrogen-bond donors (Lipinski definition) is 2. The molecule has 2 N–H and O–H groups in total. The molecule has 3 rings (SSSR count). The lowest BCUT2D eigenvalue weighted by atomic mass is 10.1. The zero-order valence-corrected chi connectivity index (χ0v) is 14.3. The van der Waals surface area contributed by atoms with Gasteiger partial charge in [-0.3, -0.25) is 4.79 Å². The summed E-state index contributed by atoms with van der Waals surface area (Å²) in [6.45, 7) is 0. The number of pyridine rings is 1. The number of ether oxygens (including phenoxy) is 1. The fraction of sp³-hybridized carbons (Fsp3) is 0.105. The van der Waals surface area contributed by atoms with Crippen molar-refractivity contribution in [1.82, 2.24) is 4.57 Å². The zero-order chi connectivity index (χ0) is 18.7. The minimum atomic E-state index is -0.548. The van der Waals surface area contributed by atoms with Crippen molar-refractivity contribution in [2.45, 2.75) is 0 Å². The highest BCUT2D eigenvalue weighted by Gasteiger charge is 2.14. The maximum atomic E-state index is 12.4. The van der Waals surface area contributed by atoms with Gasteiger partial charge < -0.3 is 19.9 Å². The van der Waals surface area contributed by atoms with Crippen molar-refractivity contribution < 1.29 is 14.3 Å². The molecule has 26 heavy (non-hydrogen) atoms. The summed E-state index contributed by atoms with van der Waals surface area (Å²) in [5, 5.41) is 6.49. The summed E-state index contributed by atoms with van der Waals surface area (Å²) in [7, 11) is 2.89. The number of rotatable bonds is 3. The Kier molecular flexibility index (Phi) is 4.70. The number of esters is 1. The van der Waals surface area contributed by atoms with Crippen LogP contribution in [0.25, 0.3) is 10.8 Å². The van der Waals surface area contributed by atoms with Crippen LogP contribution >= 0.6 is 0 Å². The van der Waals surface area contributed by atoms with E-state index < -0.39 is 12.0 Å². The predicted molar refractivity (Wildman–Crippen MR) is 99.6 cm³/mol. The molecule has 7 heteroatoms. The van der Waals surface area contributed by atoms with E-state index in [9.17, 15) is 14.4 Å². The molecule has 0 fully saturated rings. The molecule has 1 aromatic heterocycles. The lowest BCUT2D eigenvalue weighted by Crippen LogP contribution is -2.23. The van der Waals surface area contributed by atoms with Crippen LogP contribution in [0.5, 0.6) is 0 Å². The Morgan fingerprint density at radius 2 is 1.54 bits per heavy atom. The molecule has 2 aromatic carbocycles. The first kappa shape index (κ1) is 17.2. The zero-order valence-electron chi connectivity index (χ0n) is 14.3. The monoisotopic (exact) mass is 351 g/mol. The van der Waals surface area contributed by atoms with Crippen LogP contribution in [0, 0.1) is 0 Å². The molecule has 0 spiro atoms. The maximum Gasteiger partial charge on any atom is 0.339 e. The third kappa shape index (κ3) is 3.27. The van der Waals surface area contributed by atoms with Crippen LogP contribution in [0.1, 0.15) is 10.4 Å². The fourth-order valence-corrected chi connectivity index (χ4v) is 2.67. The molecule has 0 atom stereocenters. The first-order chi connectivity index (χ1) is 12.5. The van der Waals surface area contributed by atoms with Crippen molar-refractivity contribution in [3.63, 3.8) is 0 Å². The van der Waals surface area contributed by atoms with Crippen LogP contribution in [0.2, 0.25) is 0 Å². The predicted octanol–water partition coefficient (Wildman–Crippen LogP) is 2.97. The van der Waals surface area contributed by atoms with E-state index in [-0.39, 0.29) is 11.1 Å². The van der Waals surface area contributed by atoms with Gasteiger partial charge >= 0.3 is 12.0 Å². The van der Waals surface area contributed by atoms with Crippen LogP contribution in [0.15, 0.2) is 59.5 Å².